The first-order valence-corrected chi connectivity index (χ1v) is 4.55. The van der Waals surface area contributed by atoms with E-state index in [2.05, 4.69) is 11.9 Å². The summed E-state index contributed by atoms with van der Waals surface area (Å²) in [5.74, 6) is 0. The minimum absolute atomic E-state index is 0.681. The summed E-state index contributed by atoms with van der Waals surface area (Å²) >= 11 is 0. The summed E-state index contributed by atoms with van der Waals surface area (Å²) in [4.78, 5) is 2.60. The third-order valence-electron chi connectivity index (χ3n) is 3.48. The first kappa shape index (κ1) is 6.66. The van der Waals surface area contributed by atoms with E-state index in [0.29, 0.717) is 5.54 Å². The van der Waals surface area contributed by atoms with Crippen LogP contribution in [0.1, 0.15) is 38.5 Å². The zero-order valence-electron chi connectivity index (χ0n) is 6.90. The lowest BCUT2D eigenvalue weighted by Crippen LogP contribution is -2.37. The Balaban J connectivity index is 2.11. The Hall–Kier alpha value is -0.0400. The third kappa shape index (κ3) is 0.800. The fraction of sp³-hybridized carbons (Fsp3) is 1.00. The summed E-state index contributed by atoms with van der Waals surface area (Å²) in [5, 5.41) is 0. The summed E-state index contributed by atoms with van der Waals surface area (Å²) in [5.41, 5.74) is 0.681. The van der Waals surface area contributed by atoms with Gasteiger partial charge in [0.2, 0.25) is 0 Å². The highest BCUT2D eigenvalue weighted by Gasteiger charge is 2.40. The molecule has 0 bridgehead atoms. The van der Waals surface area contributed by atoms with E-state index >= 15 is 0 Å². The molecule has 0 unspecified atom stereocenters. The van der Waals surface area contributed by atoms with Crippen LogP contribution in [0.2, 0.25) is 0 Å². The Bertz CT molecular complexity index is 119. The van der Waals surface area contributed by atoms with Gasteiger partial charge in [-0.1, -0.05) is 12.8 Å². The Morgan fingerprint density at radius 2 is 1.60 bits per heavy atom. The van der Waals surface area contributed by atoms with Crippen LogP contribution in [0.3, 0.4) is 0 Å². The van der Waals surface area contributed by atoms with Crippen molar-refractivity contribution in [3.05, 3.63) is 0 Å². The van der Waals surface area contributed by atoms with Gasteiger partial charge in [0.15, 0.2) is 0 Å². The smallest absolute Gasteiger partial charge is 0.0207 e. The molecule has 2 rings (SSSR count). The zero-order valence-corrected chi connectivity index (χ0v) is 6.90. The second-order valence-electron chi connectivity index (χ2n) is 3.96. The van der Waals surface area contributed by atoms with Gasteiger partial charge < -0.3 is 4.90 Å². The van der Waals surface area contributed by atoms with Gasteiger partial charge in [0, 0.05) is 5.54 Å². The highest BCUT2D eigenvalue weighted by atomic mass is 15.2. The van der Waals surface area contributed by atoms with Gasteiger partial charge >= 0.3 is 0 Å². The minimum Gasteiger partial charge on any atom is -0.301 e. The number of nitrogens with zero attached hydrogens (tertiary/aromatic N) is 1. The molecule has 0 aromatic rings. The van der Waals surface area contributed by atoms with Crippen molar-refractivity contribution in [1.29, 1.82) is 0 Å². The van der Waals surface area contributed by atoms with Gasteiger partial charge in [-0.2, -0.15) is 0 Å². The van der Waals surface area contributed by atoms with Gasteiger partial charge in [-0.3, -0.25) is 0 Å². The lowest BCUT2D eigenvalue weighted by atomic mass is 9.95. The molecule has 0 N–H and O–H groups in total. The van der Waals surface area contributed by atoms with Gasteiger partial charge in [0.05, 0.1) is 0 Å². The SMILES string of the molecule is CN1CCCC12CCCC2. The van der Waals surface area contributed by atoms with E-state index < -0.39 is 0 Å². The first-order chi connectivity index (χ1) is 4.83. The predicted octanol–water partition coefficient (Wildman–Crippen LogP) is 2.02. The van der Waals surface area contributed by atoms with Gasteiger partial charge in [-0.15, -0.1) is 0 Å². The number of rotatable bonds is 0. The molecule has 58 valence electrons. The molecule has 1 nitrogen and oxygen atoms in total. The Morgan fingerprint density at radius 3 is 2.10 bits per heavy atom. The van der Waals surface area contributed by atoms with Crippen molar-refractivity contribution in [2.75, 3.05) is 13.6 Å². The molecule has 1 saturated heterocycles. The van der Waals surface area contributed by atoms with E-state index in [0.717, 1.165) is 0 Å². The largest absolute Gasteiger partial charge is 0.301 e. The van der Waals surface area contributed by atoms with Crippen LogP contribution in [0.4, 0.5) is 0 Å². The van der Waals surface area contributed by atoms with E-state index in [1.165, 1.54) is 45.1 Å². The second-order valence-corrected chi connectivity index (χ2v) is 3.96. The van der Waals surface area contributed by atoms with Crippen molar-refractivity contribution in [2.45, 2.75) is 44.1 Å². The Labute approximate surface area is 63.4 Å². The summed E-state index contributed by atoms with van der Waals surface area (Å²) in [6.07, 6.45) is 8.82. The molecule has 0 amide bonds. The quantitative estimate of drug-likeness (QED) is 0.496. The fourth-order valence-electron chi connectivity index (χ4n) is 2.74. The molecule has 1 aliphatic heterocycles. The predicted molar refractivity (Wildman–Crippen MR) is 43.1 cm³/mol. The van der Waals surface area contributed by atoms with E-state index in [1.807, 2.05) is 0 Å². The highest BCUT2D eigenvalue weighted by Crippen LogP contribution is 2.41. The maximum absolute atomic E-state index is 2.60. The Kier molecular flexibility index (Phi) is 1.48. The zero-order chi connectivity index (χ0) is 7.03. The number of likely N-dealkylation sites (tertiary alicyclic amines) is 1. The molecule has 1 spiro atoms. The summed E-state index contributed by atoms with van der Waals surface area (Å²) in [6, 6.07) is 0. The van der Waals surface area contributed by atoms with Crippen LogP contribution < -0.4 is 0 Å². The van der Waals surface area contributed by atoms with Gasteiger partial charge in [0.25, 0.3) is 0 Å². The number of hydrogen-bond donors (Lipinski definition) is 0. The average Bonchev–Trinajstić information content (AvgIpc) is 2.48. The minimum atomic E-state index is 0.681. The lowest BCUT2D eigenvalue weighted by molar-refractivity contribution is 0.180. The van der Waals surface area contributed by atoms with Crippen molar-refractivity contribution in [3.8, 4) is 0 Å². The summed E-state index contributed by atoms with van der Waals surface area (Å²) in [6.45, 7) is 1.35. The van der Waals surface area contributed by atoms with Crippen molar-refractivity contribution >= 4 is 0 Å². The molecule has 1 heteroatoms. The average molecular weight is 139 g/mol. The van der Waals surface area contributed by atoms with Crippen LogP contribution in [-0.2, 0) is 0 Å². The monoisotopic (exact) mass is 139 g/mol. The topological polar surface area (TPSA) is 3.24 Å². The van der Waals surface area contributed by atoms with Crippen LogP contribution >= 0.6 is 0 Å². The van der Waals surface area contributed by atoms with Crippen LogP contribution in [0.5, 0.6) is 0 Å². The van der Waals surface area contributed by atoms with Crippen LogP contribution in [0.15, 0.2) is 0 Å². The van der Waals surface area contributed by atoms with Crippen LogP contribution in [-0.4, -0.2) is 24.0 Å². The molecule has 0 atom stereocenters. The molecule has 1 heterocycles. The van der Waals surface area contributed by atoms with Crippen molar-refractivity contribution in [2.24, 2.45) is 0 Å². The molecular weight excluding hydrogens is 122 g/mol. The molecule has 10 heavy (non-hydrogen) atoms. The maximum atomic E-state index is 2.60. The fourth-order valence-corrected chi connectivity index (χ4v) is 2.74. The molecule has 2 aliphatic rings. The molecule has 0 radical (unpaired) electrons. The van der Waals surface area contributed by atoms with E-state index in [1.54, 1.807) is 0 Å². The van der Waals surface area contributed by atoms with Crippen molar-refractivity contribution < 1.29 is 0 Å². The van der Waals surface area contributed by atoms with Crippen molar-refractivity contribution in [1.82, 2.24) is 4.90 Å². The third-order valence-corrected chi connectivity index (χ3v) is 3.48. The molecule has 1 saturated carbocycles. The standard InChI is InChI=1S/C9H17N/c1-10-8-4-7-9(10)5-2-3-6-9/h2-8H2,1H3. The van der Waals surface area contributed by atoms with Crippen molar-refractivity contribution in [3.63, 3.8) is 0 Å². The highest BCUT2D eigenvalue weighted by molar-refractivity contribution is 4.97. The Morgan fingerprint density at radius 1 is 1.00 bits per heavy atom. The van der Waals surface area contributed by atoms with Gasteiger partial charge in [0.1, 0.15) is 0 Å². The van der Waals surface area contributed by atoms with E-state index in [4.69, 9.17) is 0 Å². The van der Waals surface area contributed by atoms with E-state index in [-0.39, 0.29) is 0 Å². The molecule has 1 aliphatic carbocycles. The van der Waals surface area contributed by atoms with Gasteiger partial charge in [-0.25, -0.2) is 0 Å². The molecule has 0 aromatic carbocycles. The molecular formula is C9H17N. The number of hydrogen-bond acceptors (Lipinski definition) is 1. The van der Waals surface area contributed by atoms with Gasteiger partial charge in [-0.05, 0) is 39.3 Å². The summed E-state index contributed by atoms with van der Waals surface area (Å²) in [7, 11) is 2.30. The lowest BCUT2D eigenvalue weighted by Gasteiger charge is -2.31. The maximum Gasteiger partial charge on any atom is 0.0207 e. The summed E-state index contributed by atoms with van der Waals surface area (Å²) < 4.78 is 0. The molecule has 2 fully saturated rings. The van der Waals surface area contributed by atoms with Crippen LogP contribution in [0, 0.1) is 0 Å². The van der Waals surface area contributed by atoms with Crippen LogP contribution in [0.25, 0.3) is 0 Å². The van der Waals surface area contributed by atoms with E-state index in [9.17, 15) is 0 Å². The normalized spacial score (nSPS) is 32.1. The molecule has 0 aromatic heterocycles. The second kappa shape index (κ2) is 2.23. The first-order valence-electron chi connectivity index (χ1n) is 4.55.